The molecule has 5 rings (SSSR count). The van der Waals surface area contributed by atoms with Crippen molar-refractivity contribution >= 4 is 16.6 Å². The molecule has 0 radical (unpaired) electrons. The molecule has 0 spiro atoms. The Morgan fingerprint density at radius 3 is 2.86 bits per heavy atom. The highest BCUT2D eigenvalue weighted by molar-refractivity contribution is 5.95. The fourth-order valence-corrected chi connectivity index (χ4v) is 4.00. The summed E-state index contributed by atoms with van der Waals surface area (Å²) in [6.07, 6.45) is 3.79. The van der Waals surface area contributed by atoms with Gasteiger partial charge in [-0.1, -0.05) is 12.1 Å². The van der Waals surface area contributed by atoms with Crippen LogP contribution in [0.2, 0.25) is 0 Å². The zero-order valence-electron chi connectivity index (χ0n) is 16.1. The summed E-state index contributed by atoms with van der Waals surface area (Å²) in [6.45, 7) is 4.57. The number of hydrogen-bond donors (Lipinski definition) is 1. The van der Waals surface area contributed by atoms with E-state index < -0.39 is 0 Å². The highest BCUT2D eigenvalue weighted by Gasteiger charge is 2.21. The number of aromatic amines is 1. The normalized spacial score (nSPS) is 17.4. The fraction of sp³-hybridized carbons (Fsp3) is 0.273. The minimum Gasteiger partial charge on any atom is -0.377 e. The number of aryl methyl sites for hydroxylation is 1. The smallest absolute Gasteiger partial charge is 0.0911 e. The molecule has 0 bridgehead atoms. The van der Waals surface area contributed by atoms with Crippen molar-refractivity contribution in [3.63, 3.8) is 0 Å². The second kappa shape index (κ2) is 6.80. The Morgan fingerprint density at radius 1 is 1.14 bits per heavy atom. The molecule has 1 aliphatic rings. The van der Waals surface area contributed by atoms with E-state index in [9.17, 15) is 0 Å². The number of nitrogens with zero attached hydrogens (tertiary/aromatic N) is 4. The molecule has 4 heterocycles. The van der Waals surface area contributed by atoms with E-state index in [-0.39, 0.29) is 0 Å². The molecule has 1 aliphatic heterocycles. The molecule has 1 atom stereocenters. The number of benzene rings is 1. The van der Waals surface area contributed by atoms with E-state index in [1.54, 1.807) is 0 Å². The molecule has 4 aromatic rings. The van der Waals surface area contributed by atoms with Gasteiger partial charge in [-0.3, -0.25) is 4.68 Å². The van der Waals surface area contributed by atoms with E-state index in [1.165, 1.54) is 11.1 Å². The van der Waals surface area contributed by atoms with Crippen molar-refractivity contribution in [1.29, 1.82) is 0 Å². The molecule has 0 aliphatic carbocycles. The topological polar surface area (TPSA) is 59.0 Å². The molecule has 3 aromatic heterocycles. The maximum atomic E-state index is 5.64. The Balaban J connectivity index is 1.71. The number of hydrogen-bond acceptors (Lipinski definition) is 4. The van der Waals surface area contributed by atoms with Gasteiger partial charge in [-0.25, -0.2) is 4.98 Å². The minimum atomic E-state index is 0.325. The van der Waals surface area contributed by atoms with Gasteiger partial charge in [0.2, 0.25) is 0 Å². The van der Waals surface area contributed by atoms with Gasteiger partial charge in [-0.2, -0.15) is 5.10 Å². The predicted octanol–water partition coefficient (Wildman–Crippen LogP) is 3.86. The summed E-state index contributed by atoms with van der Waals surface area (Å²) in [4.78, 5) is 10.7. The average Bonchev–Trinajstić information content (AvgIpc) is 3.36. The Hall–Kier alpha value is -3.12. The number of nitrogens with one attached hydrogen (secondary N) is 1. The van der Waals surface area contributed by atoms with Crippen molar-refractivity contribution in [1.82, 2.24) is 19.7 Å². The maximum absolute atomic E-state index is 5.64. The first-order valence-corrected chi connectivity index (χ1v) is 9.62. The second-order valence-corrected chi connectivity index (χ2v) is 7.30. The van der Waals surface area contributed by atoms with Crippen LogP contribution >= 0.6 is 0 Å². The lowest BCUT2D eigenvalue weighted by Gasteiger charge is -2.35. The standard InChI is InChI=1S/C22H23N5O/c1-15-14-28-11-10-27(15)16-12-20(17-4-3-5-19-18(17)6-8-23-19)25-21(13-16)22-7-9-24-26(22)2/h3-9,12-13,15,23H,10-11,14H2,1-2H3/t15-/m1/s1. The van der Waals surface area contributed by atoms with E-state index in [2.05, 4.69) is 58.3 Å². The molecule has 0 saturated carbocycles. The third-order valence-electron chi connectivity index (χ3n) is 5.46. The van der Waals surface area contributed by atoms with Crippen LogP contribution < -0.4 is 4.90 Å². The highest BCUT2D eigenvalue weighted by Crippen LogP contribution is 2.33. The molecule has 1 N–H and O–H groups in total. The van der Waals surface area contributed by atoms with Crippen LogP contribution in [0.1, 0.15) is 6.92 Å². The van der Waals surface area contributed by atoms with Crippen LogP contribution in [0.4, 0.5) is 5.69 Å². The number of anilines is 1. The van der Waals surface area contributed by atoms with Gasteiger partial charge in [0.05, 0.1) is 30.3 Å². The molecule has 0 unspecified atom stereocenters. The van der Waals surface area contributed by atoms with Crippen LogP contribution in [0.3, 0.4) is 0 Å². The van der Waals surface area contributed by atoms with Crippen LogP contribution in [-0.4, -0.2) is 45.5 Å². The SMILES string of the molecule is C[C@@H]1COCCN1c1cc(-c2cccc3[nH]ccc23)nc(-c2ccnn2C)c1. The molecule has 1 aromatic carbocycles. The number of aromatic nitrogens is 4. The third-order valence-corrected chi connectivity index (χ3v) is 5.46. The van der Waals surface area contributed by atoms with Gasteiger partial charge in [0.1, 0.15) is 0 Å². The van der Waals surface area contributed by atoms with Gasteiger partial charge in [0.25, 0.3) is 0 Å². The lowest BCUT2D eigenvalue weighted by Crippen LogP contribution is -2.43. The molecule has 28 heavy (non-hydrogen) atoms. The first-order chi connectivity index (χ1) is 13.7. The van der Waals surface area contributed by atoms with Crippen LogP contribution in [0.5, 0.6) is 0 Å². The van der Waals surface area contributed by atoms with Crippen LogP contribution in [0.15, 0.2) is 54.9 Å². The Bertz CT molecular complexity index is 1130. The fourth-order valence-electron chi connectivity index (χ4n) is 4.00. The van der Waals surface area contributed by atoms with Gasteiger partial charge < -0.3 is 14.6 Å². The predicted molar refractivity (Wildman–Crippen MR) is 111 cm³/mol. The minimum absolute atomic E-state index is 0.325. The molecule has 1 saturated heterocycles. The molecular formula is C22H23N5O. The zero-order valence-corrected chi connectivity index (χ0v) is 16.1. The molecular weight excluding hydrogens is 350 g/mol. The van der Waals surface area contributed by atoms with Gasteiger partial charge in [-0.15, -0.1) is 0 Å². The highest BCUT2D eigenvalue weighted by atomic mass is 16.5. The van der Waals surface area contributed by atoms with Crippen LogP contribution in [0, 0.1) is 0 Å². The number of rotatable bonds is 3. The molecule has 0 amide bonds. The van der Waals surface area contributed by atoms with Crippen LogP contribution in [0.25, 0.3) is 33.5 Å². The largest absolute Gasteiger partial charge is 0.377 e. The summed E-state index contributed by atoms with van der Waals surface area (Å²) in [5, 5.41) is 5.51. The van der Waals surface area contributed by atoms with Crippen molar-refractivity contribution in [3.05, 3.63) is 54.9 Å². The van der Waals surface area contributed by atoms with Crippen LogP contribution in [-0.2, 0) is 11.8 Å². The number of H-pyrrole nitrogens is 1. The third kappa shape index (κ3) is 2.86. The van der Waals surface area contributed by atoms with Crippen molar-refractivity contribution < 1.29 is 4.74 Å². The van der Waals surface area contributed by atoms with E-state index >= 15 is 0 Å². The summed E-state index contributed by atoms with van der Waals surface area (Å²) in [5.74, 6) is 0. The Morgan fingerprint density at radius 2 is 2.04 bits per heavy atom. The number of ether oxygens (including phenoxy) is 1. The van der Waals surface area contributed by atoms with Crippen molar-refractivity contribution in [2.24, 2.45) is 7.05 Å². The maximum Gasteiger partial charge on any atom is 0.0911 e. The Kier molecular flexibility index (Phi) is 4.13. The number of pyridine rings is 1. The van der Waals surface area contributed by atoms with Gasteiger partial charge >= 0.3 is 0 Å². The summed E-state index contributed by atoms with van der Waals surface area (Å²) in [7, 11) is 1.95. The quantitative estimate of drug-likeness (QED) is 0.592. The monoisotopic (exact) mass is 373 g/mol. The second-order valence-electron chi connectivity index (χ2n) is 7.30. The van der Waals surface area contributed by atoms with Gasteiger partial charge in [-0.05, 0) is 37.3 Å². The average molecular weight is 373 g/mol. The van der Waals surface area contributed by atoms with Crippen molar-refractivity contribution in [2.75, 3.05) is 24.7 Å². The summed E-state index contributed by atoms with van der Waals surface area (Å²) < 4.78 is 7.51. The summed E-state index contributed by atoms with van der Waals surface area (Å²) >= 11 is 0. The number of fused-ring (bicyclic) bond motifs is 1. The first-order valence-electron chi connectivity index (χ1n) is 9.62. The molecule has 6 heteroatoms. The van der Waals surface area contributed by atoms with E-state index in [4.69, 9.17) is 9.72 Å². The number of morpholine rings is 1. The lowest BCUT2D eigenvalue weighted by molar-refractivity contribution is 0.0989. The van der Waals surface area contributed by atoms with Gasteiger partial charge in [0.15, 0.2) is 0 Å². The lowest BCUT2D eigenvalue weighted by atomic mass is 10.0. The zero-order chi connectivity index (χ0) is 19.1. The molecule has 1 fully saturated rings. The van der Waals surface area contributed by atoms with E-state index in [0.29, 0.717) is 6.04 Å². The van der Waals surface area contributed by atoms with E-state index in [1.807, 2.05) is 30.2 Å². The molecule has 142 valence electrons. The van der Waals surface area contributed by atoms with Crippen molar-refractivity contribution in [2.45, 2.75) is 13.0 Å². The van der Waals surface area contributed by atoms with Crippen molar-refractivity contribution in [3.8, 4) is 22.6 Å². The molecule has 6 nitrogen and oxygen atoms in total. The first kappa shape index (κ1) is 17.0. The van der Waals surface area contributed by atoms with Gasteiger partial charge in [0, 0.05) is 54.2 Å². The van der Waals surface area contributed by atoms with E-state index in [0.717, 1.165) is 47.9 Å². The summed E-state index contributed by atoms with van der Waals surface area (Å²) in [5.41, 5.74) is 6.32. The summed E-state index contributed by atoms with van der Waals surface area (Å²) in [6, 6.07) is 15.1. The Labute approximate surface area is 163 Å².